The average molecular weight is 467 g/mol. The third-order valence-electron chi connectivity index (χ3n) is 4.68. The normalized spacial score (nSPS) is 11.8. The Morgan fingerprint density at radius 3 is 2.27 bits per heavy atom. The van der Waals surface area contributed by atoms with Gasteiger partial charge in [0.05, 0.1) is 5.75 Å². The van der Waals surface area contributed by atoms with E-state index in [0.717, 1.165) is 5.75 Å². The van der Waals surface area contributed by atoms with Crippen LogP contribution in [0, 0.1) is 13.8 Å². The average Bonchev–Trinajstić information content (AvgIpc) is 2.66. The largest absolute Gasteiger partial charge is 0.355 e. The van der Waals surface area contributed by atoms with Crippen LogP contribution in [-0.4, -0.2) is 35.1 Å². The van der Waals surface area contributed by atoms with Crippen molar-refractivity contribution >= 4 is 46.8 Å². The number of thioether (sulfide) groups is 1. The summed E-state index contributed by atoms with van der Waals surface area (Å²) in [7, 11) is 0. The zero-order valence-electron chi connectivity index (χ0n) is 17.8. The Bertz CT molecular complexity index is 864. The molecular weight excluding hydrogens is 439 g/mol. The maximum atomic E-state index is 13.1. The molecule has 0 aliphatic rings. The lowest BCUT2D eigenvalue weighted by Crippen LogP contribution is -2.48. The monoisotopic (exact) mass is 466 g/mol. The zero-order chi connectivity index (χ0) is 22.3. The molecule has 2 aromatic carbocycles. The van der Waals surface area contributed by atoms with Crippen LogP contribution in [0.4, 0.5) is 0 Å². The summed E-state index contributed by atoms with van der Waals surface area (Å²) >= 11 is 14.2. The van der Waals surface area contributed by atoms with Gasteiger partial charge in [0.1, 0.15) is 6.04 Å². The molecule has 2 amide bonds. The van der Waals surface area contributed by atoms with Gasteiger partial charge in [0.2, 0.25) is 11.8 Å². The van der Waals surface area contributed by atoms with Crippen molar-refractivity contribution in [3.63, 3.8) is 0 Å². The van der Waals surface area contributed by atoms with Crippen molar-refractivity contribution in [1.82, 2.24) is 10.2 Å². The fraction of sp³-hybridized carbons (Fsp3) is 0.391. The summed E-state index contributed by atoms with van der Waals surface area (Å²) in [4.78, 5) is 27.1. The predicted molar refractivity (Wildman–Crippen MR) is 127 cm³/mol. The molecule has 0 saturated carbocycles. The highest BCUT2D eigenvalue weighted by Gasteiger charge is 2.27. The van der Waals surface area contributed by atoms with Gasteiger partial charge in [0.15, 0.2) is 0 Å². The molecule has 0 saturated heterocycles. The number of rotatable bonds is 9. The molecule has 2 aromatic rings. The van der Waals surface area contributed by atoms with Gasteiger partial charge in [-0.3, -0.25) is 9.59 Å². The van der Waals surface area contributed by atoms with Gasteiger partial charge in [0, 0.05) is 34.5 Å². The maximum Gasteiger partial charge on any atom is 0.242 e. The second kappa shape index (κ2) is 11.6. The van der Waals surface area contributed by atoms with Crippen molar-refractivity contribution < 1.29 is 9.59 Å². The number of nitrogens with zero attached hydrogens (tertiary/aromatic N) is 1. The molecule has 7 heteroatoms. The van der Waals surface area contributed by atoms with Gasteiger partial charge in [-0.25, -0.2) is 0 Å². The van der Waals surface area contributed by atoms with Crippen molar-refractivity contribution in [3.8, 4) is 0 Å². The van der Waals surface area contributed by atoms with Crippen molar-refractivity contribution in [1.29, 1.82) is 0 Å². The number of carbonyl (C=O) groups is 2. The zero-order valence-corrected chi connectivity index (χ0v) is 20.1. The number of hydrogen-bond donors (Lipinski definition) is 1. The molecule has 2 rings (SSSR count). The number of benzene rings is 2. The van der Waals surface area contributed by atoms with E-state index in [-0.39, 0.29) is 24.1 Å². The lowest BCUT2D eigenvalue weighted by Gasteiger charge is -2.29. The second-order valence-electron chi connectivity index (χ2n) is 7.28. The van der Waals surface area contributed by atoms with E-state index in [9.17, 15) is 9.59 Å². The molecule has 0 aliphatic heterocycles. The van der Waals surface area contributed by atoms with Crippen molar-refractivity contribution in [3.05, 3.63) is 68.7 Å². The predicted octanol–water partition coefficient (Wildman–Crippen LogP) is 5.40. The summed E-state index contributed by atoms with van der Waals surface area (Å²) < 4.78 is 0. The second-order valence-corrected chi connectivity index (χ2v) is 9.08. The van der Waals surface area contributed by atoms with Crippen LogP contribution < -0.4 is 5.32 Å². The Balaban J connectivity index is 2.14. The van der Waals surface area contributed by atoms with Crippen molar-refractivity contribution in [2.75, 3.05) is 12.3 Å². The number of hydrogen-bond acceptors (Lipinski definition) is 3. The lowest BCUT2D eigenvalue weighted by atomic mass is 10.1. The minimum Gasteiger partial charge on any atom is -0.355 e. The molecule has 0 radical (unpaired) electrons. The highest BCUT2D eigenvalue weighted by molar-refractivity contribution is 7.99. The third-order valence-corrected chi connectivity index (χ3v) is 6.38. The molecule has 0 spiro atoms. The Labute approximate surface area is 193 Å². The van der Waals surface area contributed by atoms with Crippen molar-refractivity contribution in [2.45, 2.75) is 46.0 Å². The number of aryl methyl sites for hydroxylation is 2. The van der Waals surface area contributed by atoms with Crippen molar-refractivity contribution in [2.24, 2.45) is 0 Å². The Morgan fingerprint density at radius 1 is 1.10 bits per heavy atom. The summed E-state index contributed by atoms with van der Waals surface area (Å²) in [6.45, 7) is 8.38. The van der Waals surface area contributed by atoms with E-state index in [1.54, 1.807) is 30.0 Å². The molecule has 0 aromatic heterocycles. The van der Waals surface area contributed by atoms with E-state index in [0.29, 0.717) is 22.2 Å². The fourth-order valence-corrected chi connectivity index (χ4v) is 4.61. The standard InChI is InChI=1S/C23H28Cl2N2O2S/c1-5-26-23(29)17(4)27(12-19-20(24)7-6-8-21(19)25)22(28)14-30-13-18-10-15(2)9-16(3)11-18/h6-11,17H,5,12-14H2,1-4H3,(H,26,29). The first-order chi connectivity index (χ1) is 14.2. The smallest absolute Gasteiger partial charge is 0.242 e. The first kappa shape index (κ1) is 24.6. The molecule has 0 fully saturated rings. The first-order valence-electron chi connectivity index (χ1n) is 9.88. The first-order valence-corrected chi connectivity index (χ1v) is 11.8. The molecule has 0 aliphatic carbocycles. The summed E-state index contributed by atoms with van der Waals surface area (Å²) in [5.74, 6) is 0.663. The van der Waals surface area contributed by atoms with Gasteiger partial charge in [-0.15, -0.1) is 11.8 Å². The fourth-order valence-electron chi connectivity index (χ4n) is 3.25. The molecule has 4 nitrogen and oxygen atoms in total. The minimum atomic E-state index is -0.633. The quantitative estimate of drug-likeness (QED) is 0.538. The number of nitrogens with one attached hydrogen (secondary N) is 1. The van der Waals surface area contributed by atoms with Crippen LogP contribution in [0.5, 0.6) is 0 Å². The van der Waals surface area contributed by atoms with Gasteiger partial charge in [-0.2, -0.15) is 0 Å². The van der Waals surface area contributed by atoms with E-state index in [1.165, 1.54) is 28.5 Å². The van der Waals surface area contributed by atoms with Crippen LogP contribution in [0.3, 0.4) is 0 Å². The van der Waals surface area contributed by atoms with Gasteiger partial charge < -0.3 is 10.2 Å². The number of halogens is 2. The van der Waals surface area contributed by atoms with Crippen LogP contribution in [0.1, 0.15) is 36.1 Å². The molecule has 1 N–H and O–H groups in total. The molecule has 162 valence electrons. The molecular formula is C23H28Cl2N2O2S. The number of carbonyl (C=O) groups excluding carboxylic acids is 2. The lowest BCUT2D eigenvalue weighted by molar-refractivity contribution is -0.138. The van der Waals surface area contributed by atoms with Crippen LogP contribution in [0.25, 0.3) is 0 Å². The van der Waals surface area contributed by atoms with Gasteiger partial charge in [-0.1, -0.05) is 58.6 Å². The number of amides is 2. The van der Waals surface area contributed by atoms with Gasteiger partial charge in [0.25, 0.3) is 0 Å². The summed E-state index contributed by atoms with van der Waals surface area (Å²) in [6, 6.07) is 11.0. The van der Waals surface area contributed by atoms with E-state index < -0.39 is 6.04 Å². The number of likely N-dealkylation sites (N-methyl/N-ethyl adjacent to an activating group) is 1. The summed E-state index contributed by atoms with van der Waals surface area (Å²) in [5.41, 5.74) is 4.24. The van der Waals surface area contributed by atoms with Gasteiger partial charge >= 0.3 is 0 Å². The van der Waals surface area contributed by atoms with Crippen LogP contribution in [-0.2, 0) is 21.9 Å². The van der Waals surface area contributed by atoms with Crippen LogP contribution in [0.2, 0.25) is 10.0 Å². The van der Waals surface area contributed by atoms with Crippen LogP contribution in [0.15, 0.2) is 36.4 Å². The minimum absolute atomic E-state index is 0.126. The Kier molecular flexibility index (Phi) is 9.53. The highest BCUT2D eigenvalue weighted by Crippen LogP contribution is 2.27. The molecule has 0 bridgehead atoms. The Morgan fingerprint density at radius 2 is 1.70 bits per heavy atom. The SMILES string of the molecule is CCNC(=O)C(C)N(Cc1c(Cl)cccc1Cl)C(=O)CSCc1cc(C)cc(C)c1. The topological polar surface area (TPSA) is 49.4 Å². The van der Waals surface area contributed by atoms with E-state index >= 15 is 0 Å². The Hall–Kier alpha value is -1.69. The summed E-state index contributed by atoms with van der Waals surface area (Å²) in [5, 5.41) is 3.74. The van der Waals surface area contributed by atoms with Gasteiger partial charge in [-0.05, 0) is 45.4 Å². The van der Waals surface area contributed by atoms with E-state index in [4.69, 9.17) is 23.2 Å². The molecule has 0 heterocycles. The van der Waals surface area contributed by atoms with E-state index in [1.807, 2.05) is 6.92 Å². The molecule has 30 heavy (non-hydrogen) atoms. The molecule has 1 atom stereocenters. The highest BCUT2D eigenvalue weighted by atomic mass is 35.5. The maximum absolute atomic E-state index is 13.1. The molecule has 1 unspecified atom stereocenters. The third kappa shape index (κ3) is 6.93. The summed E-state index contributed by atoms with van der Waals surface area (Å²) in [6.07, 6.45) is 0. The van der Waals surface area contributed by atoms with Crippen LogP contribution >= 0.6 is 35.0 Å². The van der Waals surface area contributed by atoms with E-state index in [2.05, 4.69) is 37.4 Å².